The zero-order chi connectivity index (χ0) is 11.4. The highest BCUT2D eigenvalue weighted by atomic mass is 15.2. The van der Waals surface area contributed by atoms with Crippen LogP contribution in [0.1, 0.15) is 11.1 Å². The fourth-order valence-corrected chi connectivity index (χ4v) is 1.72. The summed E-state index contributed by atoms with van der Waals surface area (Å²) in [7, 11) is 4.04. The van der Waals surface area contributed by atoms with Gasteiger partial charge in [0, 0.05) is 44.3 Å². The summed E-state index contributed by atoms with van der Waals surface area (Å²) in [4.78, 5) is 6.26. The lowest BCUT2D eigenvalue weighted by molar-refractivity contribution is 0.319. The molecule has 0 amide bonds. The molecular formula is C12H16N4. The average Bonchev–Trinajstić information content (AvgIpc) is 2.65. The Morgan fingerprint density at radius 2 is 1.88 bits per heavy atom. The standard InChI is InChI=1S/C12H16N4/c1-15(8-11-3-5-13-6-4-11)9-12-7-14-16(2)10-12/h3-7,10H,8-9H2,1-2H3. The van der Waals surface area contributed by atoms with Crippen molar-refractivity contribution in [3.8, 4) is 0 Å². The fourth-order valence-electron chi connectivity index (χ4n) is 1.72. The number of aryl methyl sites for hydroxylation is 1. The minimum absolute atomic E-state index is 0.913. The van der Waals surface area contributed by atoms with E-state index in [0.717, 1.165) is 13.1 Å². The van der Waals surface area contributed by atoms with Crippen molar-refractivity contribution >= 4 is 0 Å². The monoisotopic (exact) mass is 216 g/mol. The Hall–Kier alpha value is -1.68. The van der Waals surface area contributed by atoms with Gasteiger partial charge in [0.1, 0.15) is 0 Å². The van der Waals surface area contributed by atoms with Crippen LogP contribution < -0.4 is 0 Å². The van der Waals surface area contributed by atoms with E-state index >= 15 is 0 Å². The SMILES string of the molecule is CN(Cc1ccncc1)Cc1cnn(C)c1. The summed E-state index contributed by atoms with van der Waals surface area (Å²) in [5.74, 6) is 0. The maximum absolute atomic E-state index is 4.16. The molecule has 84 valence electrons. The van der Waals surface area contributed by atoms with Crippen molar-refractivity contribution in [3.63, 3.8) is 0 Å². The molecule has 2 rings (SSSR count). The van der Waals surface area contributed by atoms with Gasteiger partial charge in [0.25, 0.3) is 0 Å². The van der Waals surface area contributed by atoms with E-state index < -0.39 is 0 Å². The number of pyridine rings is 1. The Labute approximate surface area is 95.5 Å². The average molecular weight is 216 g/mol. The summed E-state index contributed by atoms with van der Waals surface area (Å²) < 4.78 is 1.83. The summed E-state index contributed by atoms with van der Waals surface area (Å²) in [6, 6.07) is 4.08. The smallest absolute Gasteiger partial charge is 0.0534 e. The molecule has 4 nitrogen and oxygen atoms in total. The third-order valence-electron chi connectivity index (χ3n) is 2.41. The van der Waals surface area contributed by atoms with E-state index in [0.29, 0.717) is 0 Å². The van der Waals surface area contributed by atoms with Gasteiger partial charge in [-0.15, -0.1) is 0 Å². The lowest BCUT2D eigenvalue weighted by atomic mass is 10.2. The summed E-state index contributed by atoms with van der Waals surface area (Å²) >= 11 is 0. The van der Waals surface area contributed by atoms with Crippen LogP contribution in [-0.4, -0.2) is 26.7 Å². The summed E-state index contributed by atoms with van der Waals surface area (Å²) in [5, 5.41) is 4.16. The van der Waals surface area contributed by atoms with Gasteiger partial charge in [0.2, 0.25) is 0 Å². The molecule has 2 aromatic heterocycles. The fraction of sp³-hybridized carbons (Fsp3) is 0.333. The van der Waals surface area contributed by atoms with Gasteiger partial charge in [-0.05, 0) is 24.7 Å². The second-order valence-electron chi connectivity index (χ2n) is 4.05. The molecule has 0 aliphatic heterocycles. The predicted molar refractivity (Wildman–Crippen MR) is 62.6 cm³/mol. The van der Waals surface area contributed by atoms with Crippen molar-refractivity contribution in [2.24, 2.45) is 7.05 Å². The van der Waals surface area contributed by atoms with Gasteiger partial charge in [-0.3, -0.25) is 14.6 Å². The normalized spacial score (nSPS) is 10.9. The Kier molecular flexibility index (Phi) is 3.31. The lowest BCUT2D eigenvalue weighted by Crippen LogP contribution is -2.16. The van der Waals surface area contributed by atoms with Crippen molar-refractivity contribution in [2.75, 3.05) is 7.05 Å². The molecule has 2 aromatic rings. The minimum Gasteiger partial charge on any atom is -0.298 e. The van der Waals surface area contributed by atoms with Gasteiger partial charge in [0.15, 0.2) is 0 Å². The molecule has 0 aliphatic rings. The molecule has 0 spiro atoms. The summed E-state index contributed by atoms with van der Waals surface area (Å²) in [6.45, 7) is 1.84. The van der Waals surface area contributed by atoms with Crippen LogP contribution in [0.3, 0.4) is 0 Å². The quantitative estimate of drug-likeness (QED) is 0.775. The molecular weight excluding hydrogens is 200 g/mol. The largest absolute Gasteiger partial charge is 0.298 e. The highest BCUT2D eigenvalue weighted by molar-refractivity contribution is 5.10. The number of rotatable bonds is 4. The second kappa shape index (κ2) is 4.90. The first-order valence-corrected chi connectivity index (χ1v) is 5.29. The molecule has 0 unspecified atom stereocenters. The van der Waals surface area contributed by atoms with Crippen molar-refractivity contribution in [3.05, 3.63) is 48.0 Å². The molecule has 0 radical (unpaired) electrons. The van der Waals surface area contributed by atoms with E-state index in [-0.39, 0.29) is 0 Å². The molecule has 0 aromatic carbocycles. The van der Waals surface area contributed by atoms with Gasteiger partial charge in [-0.2, -0.15) is 5.10 Å². The maximum Gasteiger partial charge on any atom is 0.0534 e. The Morgan fingerprint density at radius 3 is 2.50 bits per heavy atom. The molecule has 0 fully saturated rings. The molecule has 0 atom stereocenters. The third-order valence-corrected chi connectivity index (χ3v) is 2.41. The highest BCUT2D eigenvalue weighted by Gasteiger charge is 2.02. The predicted octanol–water partition coefficient (Wildman–Crippen LogP) is 1.45. The first kappa shape index (κ1) is 10.8. The summed E-state index contributed by atoms with van der Waals surface area (Å²) in [5.41, 5.74) is 2.51. The van der Waals surface area contributed by atoms with Crippen LogP contribution in [0, 0.1) is 0 Å². The van der Waals surface area contributed by atoms with E-state index in [2.05, 4.69) is 22.0 Å². The zero-order valence-corrected chi connectivity index (χ0v) is 9.67. The molecule has 4 heteroatoms. The van der Waals surface area contributed by atoms with E-state index in [9.17, 15) is 0 Å². The van der Waals surface area contributed by atoms with Crippen molar-refractivity contribution in [1.29, 1.82) is 0 Å². The molecule has 2 heterocycles. The van der Waals surface area contributed by atoms with Crippen LogP contribution >= 0.6 is 0 Å². The Balaban J connectivity index is 1.92. The molecule has 0 N–H and O–H groups in total. The number of hydrogen-bond donors (Lipinski definition) is 0. The molecule has 0 bridgehead atoms. The first-order valence-electron chi connectivity index (χ1n) is 5.29. The van der Waals surface area contributed by atoms with Crippen LogP contribution in [0.5, 0.6) is 0 Å². The van der Waals surface area contributed by atoms with Crippen molar-refractivity contribution in [2.45, 2.75) is 13.1 Å². The van der Waals surface area contributed by atoms with Crippen LogP contribution in [0.4, 0.5) is 0 Å². The number of nitrogens with zero attached hydrogens (tertiary/aromatic N) is 4. The Bertz CT molecular complexity index is 435. The van der Waals surface area contributed by atoms with Crippen LogP contribution in [0.2, 0.25) is 0 Å². The zero-order valence-electron chi connectivity index (χ0n) is 9.67. The minimum atomic E-state index is 0.913. The first-order chi connectivity index (χ1) is 7.74. The molecule has 0 saturated carbocycles. The van der Waals surface area contributed by atoms with Crippen LogP contribution in [0.15, 0.2) is 36.9 Å². The van der Waals surface area contributed by atoms with E-state index in [1.54, 1.807) is 0 Å². The van der Waals surface area contributed by atoms with Crippen molar-refractivity contribution in [1.82, 2.24) is 19.7 Å². The van der Waals surface area contributed by atoms with Crippen LogP contribution in [-0.2, 0) is 20.1 Å². The van der Waals surface area contributed by atoms with Gasteiger partial charge in [-0.1, -0.05) is 0 Å². The van der Waals surface area contributed by atoms with Crippen molar-refractivity contribution < 1.29 is 0 Å². The number of hydrogen-bond acceptors (Lipinski definition) is 3. The molecule has 0 aliphatic carbocycles. The van der Waals surface area contributed by atoms with E-state index in [1.165, 1.54) is 11.1 Å². The summed E-state index contributed by atoms with van der Waals surface area (Å²) in [6.07, 6.45) is 7.60. The second-order valence-corrected chi connectivity index (χ2v) is 4.05. The van der Waals surface area contributed by atoms with Gasteiger partial charge >= 0.3 is 0 Å². The van der Waals surface area contributed by atoms with E-state index in [4.69, 9.17) is 0 Å². The topological polar surface area (TPSA) is 34.0 Å². The van der Waals surface area contributed by atoms with E-state index in [1.807, 2.05) is 48.6 Å². The van der Waals surface area contributed by atoms with Gasteiger partial charge in [-0.25, -0.2) is 0 Å². The lowest BCUT2D eigenvalue weighted by Gasteiger charge is -2.15. The highest BCUT2D eigenvalue weighted by Crippen LogP contribution is 2.06. The number of aromatic nitrogens is 3. The molecule has 16 heavy (non-hydrogen) atoms. The molecule has 0 saturated heterocycles. The Morgan fingerprint density at radius 1 is 1.19 bits per heavy atom. The van der Waals surface area contributed by atoms with Crippen LogP contribution in [0.25, 0.3) is 0 Å². The van der Waals surface area contributed by atoms with Gasteiger partial charge in [0.05, 0.1) is 6.20 Å². The maximum atomic E-state index is 4.16. The third kappa shape index (κ3) is 2.90. The van der Waals surface area contributed by atoms with Gasteiger partial charge < -0.3 is 0 Å².